The van der Waals surface area contributed by atoms with Crippen LogP contribution in [0.3, 0.4) is 0 Å². The fraction of sp³-hybridized carbons (Fsp3) is 0.381. The first-order valence-corrected chi connectivity index (χ1v) is 10.3. The van der Waals surface area contributed by atoms with E-state index in [0.717, 1.165) is 12.2 Å². The Morgan fingerprint density at radius 1 is 1.29 bits per heavy atom. The van der Waals surface area contributed by atoms with Crippen molar-refractivity contribution in [1.29, 1.82) is 0 Å². The number of carboxylic acid groups (broad SMARTS) is 1. The van der Waals surface area contributed by atoms with Crippen LogP contribution in [0.2, 0.25) is 0 Å². The molecule has 0 unspecified atom stereocenters. The Labute approximate surface area is 167 Å². The van der Waals surface area contributed by atoms with Gasteiger partial charge in [-0.15, -0.1) is 11.3 Å². The highest BCUT2D eigenvalue weighted by Gasteiger charge is 2.20. The molecule has 0 aliphatic rings. The van der Waals surface area contributed by atoms with Crippen LogP contribution in [0.4, 0.5) is 0 Å². The molecule has 0 fully saturated rings. The van der Waals surface area contributed by atoms with Crippen molar-refractivity contribution >= 4 is 27.5 Å². The molecule has 0 radical (unpaired) electrons. The van der Waals surface area contributed by atoms with Crippen LogP contribution in [-0.2, 0) is 13.0 Å². The summed E-state index contributed by atoms with van der Waals surface area (Å²) in [6, 6.07) is 7.97. The number of hydrogen-bond donors (Lipinski definition) is 1. The number of aryl methyl sites for hydroxylation is 1. The van der Waals surface area contributed by atoms with Gasteiger partial charge in [-0.2, -0.15) is 0 Å². The molecule has 0 aliphatic heterocycles. The summed E-state index contributed by atoms with van der Waals surface area (Å²) in [6.07, 6.45) is 1.60. The molecule has 0 saturated carbocycles. The molecule has 6 nitrogen and oxygen atoms in total. The first kappa shape index (κ1) is 20.1. The number of fused-ring (bicyclic) bond motifs is 1. The van der Waals surface area contributed by atoms with Crippen LogP contribution in [-0.4, -0.2) is 27.2 Å². The Balaban J connectivity index is 1.79. The Bertz CT molecular complexity index is 1030. The maximum atomic E-state index is 13.0. The fourth-order valence-corrected chi connectivity index (χ4v) is 4.00. The third-order valence-electron chi connectivity index (χ3n) is 4.60. The maximum Gasteiger partial charge on any atom is 0.337 e. The molecule has 0 aliphatic carbocycles. The van der Waals surface area contributed by atoms with Crippen molar-refractivity contribution in [3.63, 3.8) is 0 Å². The Morgan fingerprint density at radius 3 is 2.61 bits per heavy atom. The van der Waals surface area contributed by atoms with Crippen LogP contribution in [0.15, 0.2) is 34.4 Å². The van der Waals surface area contributed by atoms with Gasteiger partial charge < -0.3 is 9.84 Å². The molecule has 2 aromatic heterocycles. The minimum Gasteiger partial charge on any atom is -0.494 e. The lowest BCUT2D eigenvalue weighted by atomic mass is 10.1. The summed E-state index contributed by atoms with van der Waals surface area (Å²) in [4.78, 5) is 29.5. The molecular formula is C21H24N2O4S. The van der Waals surface area contributed by atoms with E-state index in [9.17, 15) is 14.7 Å². The van der Waals surface area contributed by atoms with Crippen molar-refractivity contribution in [1.82, 2.24) is 9.55 Å². The monoisotopic (exact) mass is 400 g/mol. The lowest BCUT2D eigenvalue weighted by Crippen LogP contribution is -2.27. The number of aromatic carboxylic acids is 1. The van der Waals surface area contributed by atoms with Crippen molar-refractivity contribution in [2.45, 2.75) is 46.1 Å². The van der Waals surface area contributed by atoms with Crippen LogP contribution in [0, 0.1) is 0 Å². The molecule has 1 aromatic carbocycles. The second kappa shape index (κ2) is 8.56. The number of hydrogen-bond acceptors (Lipinski definition) is 5. The standard InChI is InChI=1S/C21H24N2O4S/c1-4-14-6-8-15(9-7-14)27-11-5-10-23-18(13(2)3)22-19-17(20(23)24)16(12-28-19)21(25)26/h6-9,12-13H,4-5,10-11H2,1-3H3,(H,25,26). The number of benzene rings is 1. The highest BCUT2D eigenvalue weighted by molar-refractivity contribution is 7.17. The number of thiophene rings is 1. The molecular weight excluding hydrogens is 376 g/mol. The van der Waals surface area contributed by atoms with E-state index in [1.165, 1.54) is 22.3 Å². The molecule has 7 heteroatoms. The summed E-state index contributed by atoms with van der Waals surface area (Å²) < 4.78 is 7.37. The average molecular weight is 401 g/mol. The van der Waals surface area contributed by atoms with E-state index in [1.807, 2.05) is 38.1 Å². The number of nitrogens with zero attached hydrogens (tertiary/aromatic N) is 2. The number of carbonyl (C=O) groups is 1. The van der Waals surface area contributed by atoms with Gasteiger partial charge in [0.25, 0.3) is 5.56 Å². The van der Waals surface area contributed by atoms with E-state index < -0.39 is 5.97 Å². The summed E-state index contributed by atoms with van der Waals surface area (Å²) >= 11 is 1.20. The lowest BCUT2D eigenvalue weighted by Gasteiger charge is -2.15. The van der Waals surface area contributed by atoms with Gasteiger partial charge in [0.1, 0.15) is 16.4 Å². The molecule has 0 bridgehead atoms. The zero-order valence-corrected chi connectivity index (χ0v) is 17.1. The molecule has 28 heavy (non-hydrogen) atoms. The third-order valence-corrected chi connectivity index (χ3v) is 5.47. The minimum atomic E-state index is -1.10. The molecule has 1 N–H and O–H groups in total. The van der Waals surface area contributed by atoms with Gasteiger partial charge >= 0.3 is 5.97 Å². The van der Waals surface area contributed by atoms with Gasteiger partial charge in [0.2, 0.25) is 0 Å². The Hall–Kier alpha value is -2.67. The molecule has 3 aromatic rings. The van der Waals surface area contributed by atoms with Crippen LogP contribution in [0.5, 0.6) is 5.75 Å². The largest absolute Gasteiger partial charge is 0.494 e. The second-order valence-electron chi connectivity index (χ2n) is 6.92. The normalized spacial score (nSPS) is 11.3. The highest BCUT2D eigenvalue weighted by atomic mass is 32.1. The minimum absolute atomic E-state index is 0.0221. The first-order chi connectivity index (χ1) is 13.4. The van der Waals surface area contributed by atoms with Crippen LogP contribution in [0.25, 0.3) is 10.2 Å². The molecule has 0 amide bonds. The van der Waals surface area contributed by atoms with Gasteiger partial charge in [0, 0.05) is 17.8 Å². The van der Waals surface area contributed by atoms with Crippen LogP contribution >= 0.6 is 11.3 Å². The molecule has 2 heterocycles. The summed E-state index contributed by atoms with van der Waals surface area (Å²) in [5.41, 5.74) is 0.985. The quantitative estimate of drug-likeness (QED) is 0.570. The summed E-state index contributed by atoms with van der Waals surface area (Å²) in [6.45, 7) is 6.94. The van der Waals surface area contributed by atoms with Gasteiger partial charge in [-0.3, -0.25) is 9.36 Å². The fourth-order valence-electron chi connectivity index (χ4n) is 3.09. The van der Waals surface area contributed by atoms with Crippen molar-refractivity contribution in [3.05, 3.63) is 57.0 Å². The number of ether oxygens (including phenoxy) is 1. The lowest BCUT2D eigenvalue weighted by molar-refractivity contribution is 0.0699. The van der Waals surface area contributed by atoms with Gasteiger partial charge in [-0.05, 0) is 30.5 Å². The van der Waals surface area contributed by atoms with E-state index in [2.05, 4.69) is 11.9 Å². The number of aromatic nitrogens is 2. The predicted octanol–water partition coefficient (Wildman–Crippen LogP) is 4.31. The van der Waals surface area contributed by atoms with Crippen molar-refractivity contribution in [3.8, 4) is 5.75 Å². The van der Waals surface area contributed by atoms with Gasteiger partial charge in [-0.1, -0.05) is 32.9 Å². The van der Waals surface area contributed by atoms with Crippen molar-refractivity contribution in [2.24, 2.45) is 0 Å². The average Bonchev–Trinajstić information content (AvgIpc) is 3.11. The predicted molar refractivity (Wildman–Crippen MR) is 111 cm³/mol. The molecule has 0 spiro atoms. The van der Waals surface area contributed by atoms with Crippen LogP contribution < -0.4 is 10.3 Å². The van der Waals surface area contributed by atoms with Crippen molar-refractivity contribution < 1.29 is 14.6 Å². The van der Waals surface area contributed by atoms with E-state index in [0.29, 0.717) is 30.2 Å². The maximum absolute atomic E-state index is 13.0. The third kappa shape index (κ3) is 4.09. The van der Waals surface area contributed by atoms with E-state index in [-0.39, 0.29) is 22.4 Å². The zero-order valence-electron chi connectivity index (χ0n) is 16.3. The van der Waals surface area contributed by atoms with Crippen molar-refractivity contribution in [2.75, 3.05) is 6.61 Å². The second-order valence-corrected chi connectivity index (χ2v) is 7.77. The van der Waals surface area contributed by atoms with Gasteiger partial charge in [-0.25, -0.2) is 9.78 Å². The van der Waals surface area contributed by atoms with E-state index in [1.54, 1.807) is 4.57 Å². The Morgan fingerprint density at radius 2 is 2.00 bits per heavy atom. The first-order valence-electron chi connectivity index (χ1n) is 9.39. The molecule has 148 valence electrons. The molecule has 0 saturated heterocycles. The van der Waals surface area contributed by atoms with Gasteiger partial charge in [0.05, 0.1) is 17.6 Å². The number of rotatable bonds is 8. The zero-order chi connectivity index (χ0) is 20.3. The summed E-state index contributed by atoms with van der Waals surface area (Å²) in [5.74, 6) is 0.416. The van der Waals surface area contributed by atoms with E-state index >= 15 is 0 Å². The van der Waals surface area contributed by atoms with E-state index in [4.69, 9.17) is 4.74 Å². The smallest absolute Gasteiger partial charge is 0.337 e. The highest BCUT2D eigenvalue weighted by Crippen LogP contribution is 2.24. The number of carboxylic acids is 1. The SMILES string of the molecule is CCc1ccc(OCCCn2c(C(C)C)nc3scc(C(=O)O)c3c2=O)cc1. The molecule has 3 rings (SSSR count). The topological polar surface area (TPSA) is 81.4 Å². The summed E-state index contributed by atoms with van der Waals surface area (Å²) in [5, 5.41) is 11.0. The van der Waals surface area contributed by atoms with Crippen LogP contribution in [0.1, 0.15) is 54.9 Å². The Kier molecular flexibility index (Phi) is 6.14. The summed E-state index contributed by atoms with van der Waals surface area (Å²) in [7, 11) is 0. The van der Waals surface area contributed by atoms with Gasteiger partial charge in [0.15, 0.2) is 0 Å². The molecule has 0 atom stereocenters.